The summed E-state index contributed by atoms with van der Waals surface area (Å²) in [4.78, 5) is 4.06. The van der Waals surface area contributed by atoms with Crippen molar-refractivity contribution in [3.8, 4) is 0 Å². The molecule has 0 amide bonds. The molecular weight excluding hydrogens is 162 g/mol. The smallest absolute Gasteiger partial charge is 0.0992 e. The fourth-order valence-corrected chi connectivity index (χ4v) is 1.34. The predicted octanol–water partition coefficient (Wildman–Crippen LogP) is 2.15. The molecule has 1 N–H and O–H groups in total. The van der Waals surface area contributed by atoms with Gasteiger partial charge in [0, 0.05) is 12.2 Å². The number of aromatic nitrogens is 2. The Morgan fingerprint density at radius 3 is 3.00 bits per heavy atom. The van der Waals surface area contributed by atoms with E-state index in [9.17, 15) is 0 Å². The summed E-state index contributed by atoms with van der Waals surface area (Å²) in [6.07, 6.45) is 5.70. The van der Waals surface area contributed by atoms with Crippen LogP contribution in [0.25, 0.3) is 5.52 Å². The van der Waals surface area contributed by atoms with Crippen LogP contribution < -0.4 is 5.32 Å². The van der Waals surface area contributed by atoms with Crippen LogP contribution in [0, 0.1) is 0 Å². The van der Waals surface area contributed by atoms with Crippen molar-refractivity contribution in [3.05, 3.63) is 30.9 Å². The minimum atomic E-state index is 0.459. The van der Waals surface area contributed by atoms with Crippen LogP contribution in [0.15, 0.2) is 30.9 Å². The molecule has 2 heterocycles. The molecule has 0 bridgehead atoms. The molecule has 0 saturated heterocycles. The molecule has 0 aliphatic heterocycles. The standard InChI is InChI=1S/C10H13N3/c1-8(2)12-9-3-4-10-5-11-7-13(10)6-9/h3-8,12H,1-2H3. The molecule has 2 rings (SSSR count). The van der Waals surface area contributed by atoms with Crippen LogP contribution in [0.1, 0.15) is 13.8 Å². The van der Waals surface area contributed by atoms with Crippen molar-refractivity contribution in [2.45, 2.75) is 19.9 Å². The van der Waals surface area contributed by atoms with E-state index in [1.165, 1.54) is 0 Å². The van der Waals surface area contributed by atoms with Crippen LogP contribution in [0.2, 0.25) is 0 Å². The molecule has 13 heavy (non-hydrogen) atoms. The Hall–Kier alpha value is -1.51. The van der Waals surface area contributed by atoms with E-state index >= 15 is 0 Å². The van der Waals surface area contributed by atoms with Crippen molar-refractivity contribution >= 4 is 11.2 Å². The SMILES string of the molecule is CC(C)Nc1ccc2cncn2c1. The van der Waals surface area contributed by atoms with Gasteiger partial charge in [-0.25, -0.2) is 4.98 Å². The van der Waals surface area contributed by atoms with Gasteiger partial charge in [-0.1, -0.05) is 0 Å². The lowest BCUT2D eigenvalue weighted by molar-refractivity contribution is 0.896. The third kappa shape index (κ3) is 1.64. The van der Waals surface area contributed by atoms with Gasteiger partial charge >= 0.3 is 0 Å². The maximum Gasteiger partial charge on any atom is 0.0992 e. The maximum atomic E-state index is 4.06. The zero-order valence-electron chi connectivity index (χ0n) is 7.86. The van der Waals surface area contributed by atoms with E-state index in [-0.39, 0.29) is 0 Å². The number of nitrogens with one attached hydrogen (secondary N) is 1. The van der Waals surface area contributed by atoms with Crippen LogP contribution in [0.4, 0.5) is 5.69 Å². The molecule has 0 spiro atoms. The van der Waals surface area contributed by atoms with Gasteiger partial charge in [-0.3, -0.25) is 0 Å². The second kappa shape index (κ2) is 3.09. The minimum Gasteiger partial charge on any atom is -0.382 e. The zero-order chi connectivity index (χ0) is 9.26. The van der Waals surface area contributed by atoms with Crippen molar-refractivity contribution in [3.63, 3.8) is 0 Å². The largest absolute Gasteiger partial charge is 0.382 e. The zero-order valence-corrected chi connectivity index (χ0v) is 7.86. The second-order valence-corrected chi connectivity index (χ2v) is 3.44. The lowest BCUT2D eigenvalue weighted by Gasteiger charge is -2.09. The molecule has 0 unspecified atom stereocenters. The van der Waals surface area contributed by atoms with E-state index in [1.807, 2.05) is 16.8 Å². The van der Waals surface area contributed by atoms with Gasteiger partial charge in [0.1, 0.15) is 0 Å². The van der Waals surface area contributed by atoms with E-state index in [1.54, 1.807) is 6.33 Å². The average molecular weight is 175 g/mol. The highest BCUT2D eigenvalue weighted by Crippen LogP contribution is 2.10. The number of anilines is 1. The summed E-state index contributed by atoms with van der Waals surface area (Å²) in [5.41, 5.74) is 2.25. The summed E-state index contributed by atoms with van der Waals surface area (Å²) < 4.78 is 2.00. The molecular formula is C10H13N3. The Kier molecular flexibility index (Phi) is 1.93. The van der Waals surface area contributed by atoms with Crippen molar-refractivity contribution in [1.29, 1.82) is 0 Å². The van der Waals surface area contributed by atoms with Crippen LogP contribution in [-0.2, 0) is 0 Å². The fourth-order valence-electron chi connectivity index (χ4n) is 1.34. The van der Waals surface area contributed by atoms with E-state index in [0.717, 1.165) is 11.2 Å². The third-order valence-corrected chi connectivity index (χ3v) is 1.86. The number of nitrogens with zero attached hydrogens (tertiary/aromatic N) is 2. The summed E-state index contributed by atoms with van der Waals surface area (Å²) in [5, 5.41) is 3.34. The van der Waals surface area contributed by atoms with Crippen LogP contribution >= 0.6 is 0 Å². The van der Waals surface area contributed by atoms with Gasteiger partial charge in [0.2, 0.25) is 0 Å². The Bertz CT molecular complexity index is 403. The first-order valence-electron chi connectivity index (χ1n) is 4.44. The Morgan fingerprint density at radius 2 is 2.23 bits per heavy atom. The summed E-state index contributed by atoms with van der Waals surface area (Å²) in [6, 6.07) is 4.58. The third-order valence-electron chi connectivity index (χ3n) is 1.86. The Balaban J connectivity index is 2.37. The molecule has 68 valence electrons. The summed E-state index contributed by atoms with van der Waals surface area (Å²) in [5.74, 6) is 0. The van der Waals surface area contributed by atoms with E-state index in [0.29, 0.717) is 6.04 Å². The van der Waals surface area contributed by atoms with Crippen molar-refractivity contribution in [1.82, 2.24) is 9.38 Å². The number of hydrogen-bond acceptors (Lipinski definition) is 2. The highest BCUT2D eigenvalue weighted by molar-refractivity contribution is 5.53. The average Bonchev–Trinajstić information content (AvgIpc) is 2.49. The molecule has 0 aliphatic rings. The highest BCUT2D eigenvalue weighted by Gasteiger charge is 1.96. The number of fused-ring (bicyclic) bond motifs is 1. The topological polar surface area (TPSA) is 29.3 Å². The lowest BCUT2D eigenvalue weighted by Crippen LogP contribution is -2.09. The number of pyridine rings is 1. The highest BCUT2D eigenvalue weighted by atomic mass is 15.0. The molecule has 2 aromatic heterocycles. The van der Waals surface area contributed by atoms with E-state index < -0.39 is 0 Å². The van der Waals surface area contributed by atoms with Crippen molar-refractivity contribution in [2.75, 3.05) is 5.32 Å². The quantitative estimate of drug-likeness (QED) is 0.757. The van der Waals surface area contributed by atoms with Crippen LogP contribution in [-0.4, -0.2) is 15.4 Å². The van der Waals surface area contributed by atoms with E-state index in [2.05, 4.69) is 36.3 Å². The van der Waals surface area contributed by atoms with Gasteiger partial charge in [0.05, 0.1) is 23.7 Å². The lowest BCUT2D eigenvalue weighted by atomic mass is 10.3. The molecule has 0 saturated carbocycles. The summed E-state index contributed by atoms with van der Waals surface area (Å²) >= 11 is 0. The summed E-state index contributed by atoms with van der Waals surface area (Å²) in [7, 11) is 0. The predicted molar refractivity (Wildman–Crippen MR) is 54.0 cm³/mol. The van der Waals surface area contributed by atoms with Gasteiger partial charge in [-0.2, -0.15) is 0 Å². The minimum absolute atomic E-state index is 0.459. The molecule has 2 aromatic rings. The molecule has 0 fully saturated rings. The number of rotatable bonds is 2. The molecule has 3 nitrogen and oxygen atoms in total. The fraction of sp³-hybridized carbons (Fsp3) is 0.300. The maximum absolute atomic E-state index is 4.06. The second-order valence-electron chi connectivity index (χ2n) is 3.44. The Labute approximate surface area is 77.4 Å². The van der Waals surface area contributed by atoms with Gasteiger partial charge in [-0.15, -0.1) is 0 Å². The molecule has 0 aromatic carbocycles. The van der Waals surface area contributed by atoms with E-state index in [4.69, 9.17) is 0 Å². The van der Waals surface area contributed by atoms with Crippen LogP contribution in [0.5, 0.6) is 0 Å². The van der Waals surface area contributed by atoms with Crippen molar-refractivity contribution < 1.29 is 0 Å². The number of hydrogen-bond donors (Lipinski definition) is 1. The first kappa shape index (κ1) is 8.10. The monoisotopic (exact) mass is 175 g/mol. The molecule has 0 radical (unpaired) electrons. The van der Waals surface area contributed by atoms with Gasteiger partial charge in [-0.05, 0) is 26.0 Å². The Morgan fingerprint density at radius 1 is 1.38 bits per heavy atom. The van der Waals surface area contributed by atoms with Gasteiger partial charge in [0.25, 0.3) is 0 Å². The molecule has 0 atom stereocenters. The molecule has 3 heteroatoms. The van der Waals surface area contributed by atoms with Crippen molar-refractivity contribution in [2.24, 2.45) is 0 Å². The van der Waals surface area contributed by atoms with Gasteiger partial charge in [0.15, 0.2) is 0 Å². The summed E-state index contributed by atoms with van der Waals surface area (Å²) in [6.45, 7) is 4.25. The first-order chi connectivity index (χ1) is 6.25. The normalized spacial score (nSPS) is 11.0. The molecule has 0 aliphatic carbocycles. The van der Waals surface area contributed by atoms with Gasteiger partial charge < -0.3 is 9.72 Å². The van der Waals surface area contributed by atoms with Crippen LogP contribution in [0.3, 0.4) is 0 Å². The first-order valence-corrected chi connectivity index (χ1v) is 4.44. The number of imidazole rings is 1.